The molecule has 0 saturated heterocycles. The minimum atomic E-state index is -0.890. The standard InChI is InChI=1S/C19H22Cl2N2O3/c1-11(16(24)23-15-3-2-14(20)9-22-15)26-17(25)18-5-12-4-13(6-18)8-19(21,7-12)10-18/h2-3,9,11-13H,4-8,10H2,1H3,(H,22,23,24)/t11-,12+,13+,18?,19?/m0/s1. The van der Waals surface area contributed by atoms with E-state index in [0.717, 1.165) is 25.7 Å². The van der Waals surface area contributed by atoms with Crippen molar-refractivity contribution >= 4 is 40.9 Å². The van der Waals surface area contributed by atoms with Gasteiger partial charge in [0, 0.05) is 11.1 Å². The van der Waals surface area contributed by atoms with Crippen LogP contribution >= 0.6 is 23.2 Å². The maximum absolute atomic E-state index is 13.0. The lowest BCUT2D eigenvalue weighted by Crippen LogP contribution is -2.57. The second-order valence-electron chi connectivity index (χ2n) is 8.29. The van der Waals surface area contributed by atoms with Gasteiger partial charge in [-0.15, -0.1) is 11.6 Å². The molecule has 7 heteroatoms. The van der Waals surface area contributed by atoms with Crippen LogP contribution in [0, 0.1) is 17.3 Å². The zero-order chi connectivity index (χ0) is 18.5. The van der Waals surface area contributed by atoms with Crippen LogP contribution in [-0.4, -0.2) is 27.8 Å². The van der Waals surface area contributed by atoms with Crippen molar-refractivity contribution in [2.45, 2.75) is 56.4 Å². The Hall–Kier alpha value is -1.33. The van der Waals surface area contributed by atoms with Crippen LogP contribution in [0.4, 0.5) is 5.82 Å². The van der Waals surface area contributed by atoms with Gasteiger partial charge in [0.1, 0.15) is 5.82 Å². The Bertz CT molecular complexity index is 723. The first-order valence-electron chi connectivity index (χ1n) is 9.09. The first kappa shape index (κ1) is 18.1. The molecule has 4 aliphatic rings. The summed E-state index contributed by atoms with van der Waals surface area (Å²) in [5.74, 6) is 0.700. The maximum Gasteiger partial charge on any atom is 0.312 e. The molecule has 0 aromatic carbocycles. The van der Waals surface area contributed by atoms with E-state index >= 15 is 0 Å². The average molecular weight is 397 g/mol. The first-order chi connectivity index (χ1) is 12.3. The number of rotatable bonds is 4. The number of pyridine rings is 1. The van der Waals surface area contributed by atoms with Crippen LogP contribution in [0.1, 0.15) is 45.4 Å². The minimum absolute atomic E-state index is 0.262. The van der Waals surface area contributed by atoms with Gasteiger partial charge < -0.3 is 10.1 Å². The van der Waals surface area contributed by atoms with E-state index in [1.54, 1.807) is 19.1 Å². The third kappa shape index (κ3) is 3.31. The lowest BCUT2D eigenvalue weighted by Gasteiger charge is -2.58. The van der Waals surface area contributed by atoms with Crippen molar-refractivity contribution in [1.29, 1.82) is 0 Å². The Labute approximate surface area is 162 Å². The molecular formula is C19H22Cl2N2O3. The fourth-order valence-electron chi connectivity index (χ4n) is 5.41. The molecule has 0 radical (unpaired) electrons. The molecule has 140 valence electrons. The summed E-state index contributed by atoms with van der Waals surface area (Å²) in [6, 6.07) is 3.24. The number of carbonyl (C=O) groups excluding carboxylic acids is 2. The van der Waals surface area contributed by atoms with Crippen LogP contribution in [-0.2, 0) is 14.3 Å². The van der Waals surface area contributed by atoms with Gasteiger partial charge in [0.2, 0.25) is 0 Å². The van der Waals surface area contributed by atoms with Crippen LogP contribution in [0.25, 0.3) is 0 Å². The Morgan fingerprint density at radius 3 is 2.54 bits per heavy atom. The van der Waals surface area contributed by atoms with Crippen molar-refractivity contribution in [3.63, 3.8) is 0 Å². The summed E-state index contributed by atoms with van der Waals surface area (Å²) in [7, 11) is 0. The van der Waals surface area contributed by atoms with E-state index in [1.165, 1.54) is 12.6 Å². The lowest BCUT2D eigenvalue weighted by atomic mass is 9.49. The van der Waals surface area contributed by atoms with Gasteiger partial charge in [-0.05, 0) is 69.4 Å². The third-order valence-electron chi connectivity index (χ3n) is 6.05. The molecule has 1 aromatic rings. The van der Waals surface area contributed by atoms with Crippen LogP contribution < -0.4 is 5.32 Å². The highest BCUT2D eigenvalue weighted by Crippen LogP contribution is 2.64. The Morgan fingerprint density at radius 1 is 1.27 bits per heavy atom. The van der Waals surface area contributed by atoms with Gasteiger partial charge in [0.15, 0.2) is 6.10 Å². The van der Waals surface area contributed by atoms with Gasteiger partial charge in [-0.2, -0.15) is 0 Å². The fourth-order valence-corrected chi connectivity index (χ4v) is 6.21. The highest BCUT2D eigenvalue weighted by atomic mass is 35.5. The van der Waals surface area contributed by atoms with Crippen LogP contribution in [0.3, 0.4) is 0 Å². The molecule has 5 nitrogen and oxygen atoms in total. The number of carbonyl (C=O) groups is 2. The van der Waals surface area contributed by atoms with Crippen molar-refractivity contribution in [3.05, 3.63) is 23.4 Å². The largest absolute Gasteiger partial charge is 0.452 e. The zero-order valence-corrected chi connectivity index (χ0v) is 16.1. The van der Waals surface area contributed by atoms with Crippen molar-refractivity contribution in [1.82, 2.24) is 4.98 Å². The fraction of sp³-hybridized carbons (Fsp3) is 0.632. The molecular weight excluding hydrogens is 375 g/mol. The lowest BCUT2D eigenvalue weighted by molar-refractivity contribution is -0.176. The van der Waals surface area contributed by atoms with Crippen LogP contribution in [0.2, 0.25) is 5.02 Å². The molecule has 26 heavy (non-hydrogen) atoms. The molecule has 1 amide bonds. The van der Waals surface area contributed by atoms with Crippen molar-refractivity contribution < 1.29 is 14.3 Å². The van der Waals surface area contributed by atoms with Gasteiger partial charge in [-0.1, -0.05) is 11.6 Å². The topological polar surface area (TPSA) is 68.3 Å². The molecule has 0 unspecified atom stereocenters. The zero-order valence-electron chi connectivity index (χ0n) is 14.6. The molecule has 1 N–H and O–H groups in total. The number of hydrogen-bond acceptors (Lipinski definition) is 4. The molecule has 4 bridgehead atoms. The van der Waals surface area contributed by atoms with E-state index in [4.69, 9.17) is 27.9 Å². The molecule has 1 aromatic heterocycles. The third-order valence-corrected chi connectivity index (χ3v) is 6.72. The number of esters is 1. The van der Waals surface area contributed by atoms with Crippen LogP contribution in [0.5, 0.6) is 0 Å². The van der Waals surface area contributed by atoms with Gasteiger partial charge >= 0.3 is 5.97 Å². The second-order valence-corrected chi connectivity index (χ2v) is 9.53. The normalized spacial score (nSPS) is 35.8. The molecule has 1 heterocycles. The van der Waals surface area contributed by atoms with E-state index in [2.05, 4.69) is 10.3 Å². The van der Waals surface area contributed by atoms with Gasteiger partial charge in [0.25, 0.3) is 5.91 Å². The summed E-state index contributed by atoms with van der Waals surface area (Å²) in [4.78, 5) is 29.1. The van der Waals surface area contributed by atoms with E-state index in [1.807, 2.05) is 0 Å². The van der Waals surface area contributed by atoms with Crippen LogP contribution in [0.15, 0.2) is 18.3 Å². The Balaban J connectivity index is 1.41. The number of halogens is 2. The molecule has 4 fully saturated rings. The molecule has 3 atom stereocenters. The number of nitrogens with one attached hydrogen (secondary N) is 1. The monoisotopic (exact) mass is 396 g/mol. The molecule has 5 rings (SSSR count). The van der Waals surface area contributed by atoms with Gasteiger partial charge in [0.05, 0.1) is 10.4 Å². The minimum Gasteiger partial charge on any atom is -0.452 e. The first-order valence-corrected chi connectivity index (χ1v) is 9.85. The summed E-state index contributed by atoms with van der Waals surface area (Å²) in [6.07, 6.45) is 6.06. The number of hydrogen-bond donors (Lipinski definition) is 1. The Morgan fingerprint density at radius 2 is 1.96 bits per heavy atom. The van der Waals surface area contributed by atoms with Crippen molar-refractivity contribution in [3.8, 4) is 0 Å². The summed E-state index contributed by atoms with van der Waals surface area (Å²) >= 11 is 12.6. The highest BCUT2D eigenvalue weighted by molar-refractivity contribution is 6.30. The number of amides is 1. The molecule has 4 saturated carbocycles. The van der Waals surface area contributed by atoms with Gasteiger partial charge in [-0.25, -0.2) is 4.98 Å². The predicted molar refractivity (Wildman–Crippen MR) is 99.1 cm³/mol. The number of alkyl halides is 1. The molecule has 4 aliphatic carbocycles. The van der Waals surface area contributed by atoms with E-state index in [-0.39, 0.29) is 10.8 Å². The van der Waals surface area contributed by atoms with Crippen molar-refractivity contribution in [2.75, 3.05) is 5.32 Å². The smallest absolute Gasteiger partial charge is 0.312 e. The number of anilines is 1. The highest BCUT2D eigenvalue weighted by Gasteiger charge is 2.61. The number of nitrogens with zero attached hydrogens (tertiary/aromatic N) is 1. The maximum atomic E-state index is 13.0. The van der Waals surface area contributed by atoms with E-state index in [0.29, 0.717) is 29.1 Å². The van der Waals surface area contributed by atoms with E-state index < -0.39 is 17.4 Å². The quantitative estimate of drug-likeness (QED) is 0.611. The summed E-state index contributed by atoms with van der Waals surface area (Å²) in [6.45, 7) is 1.58. The molecule has 0 aliphatic heterocycles. The predicted octanol–water partition coefficient (Wildman–Crippen LogP) is 4.18. The summed E-state index contributed by atoms with van der Waals surface area (Å²) < 4.78 is 5.57. The summed E-state index contributed by atoms with van der Waals surface area (Å²) in [5, 5.41) is 3.13. The second kappa shape index (κ2) is 6.38. The van der Waals surface area contributed by atoms with Crippen molar-refractivity contribution in [2.24, 2.45) is 17.3 Å². The number of aromatic nitrogens is 1. The van der Waals surface area contributed by atoms with E-state index in [9.17, 15) is 9.59 Å². The van der Waals surface area contributed by atoms with Gasteiger partial charge in [-0.3, -0.25) is 9.59 Å². The average Bonchev–Trinajstić information content (AvgIpc) is 2.54. The summed E-state index contributed by atoms with van der Waals surface area (Å²) in [5.41, 5.74) is -0.515. The SMILES string of the molecule is C[C@H](OC(=O)C12C[C@H]3C[C@@H](CC(Cl)(C3)C1)C2)C(=O)Nc1ccc(Cl)cn1. The molecule has 0 spiro atoms. The number of ether oxygens (including phenoxy) is 1. The Kier molecular flexibility index (Phi) is 4.43.